The van der Waals surface area contributed by atoms with E-state index in [-0.39, 0.29) is 0 Å². The maximum atomic E-state index is 9.09. The largest absolute Gasteiger partial charge is 0.369 e. The minimum Gasteiger partial charge on any atom is -0.369 e. The van der Waals surface area contributed by atoms with Gasteiger partial charge in [0.05, 0.1) is 5.56 Å². The topological polar surface area (TPSA) is 79.4 Å². The third kappa shape index (κ3) is 3.70. The molecule has 0 saturated heterocycles. The van der Waals surface area contributed by atoms with Crippen LogP contribution in [0.5, 0.6) is 0 Å². The monoisotopic (exact) mass is 342 g/mol. The van der Waals surface area contributed by atoms with Crippen LogP contribution in [0, 0.1) is 11.3 Å². The standard InChI is InChI=1S/C17H22N6S/c1-24-17-22-21-15(23(17)14-7-2-3-8-14)9-5-11-20-16-13(12-18)6-4-10-19-16/h4,6,10,14H,2-3,5,7-9,11H2,1H3,(H,19,20). The average Bonchev–Trinajstić information content (AvgIpc) is 3.27. The highest BCUT2D eigenvalue weighted by Gasteiger charge is 2.23. The van der Waals surface area contributed by atoms with Crippen molar-refractivity contribution in [1.82, 2.24) is 19.7 Å². The Morgan fingerprint density at radius 2 is 2.21 bits per heavy atom. The lowest BCUT2D eigenvalue weighted by Gasteiger charge is -2.16. The first kappa shape index (κ1) is 16.8. The number of rotatable bonds is 7. The van der Waals surface area contributed by atoms with Gasteiger partial charge in [-0.2, -0.15) is 5.26 Å². The molecule has 0 bridgehead atoms. The van der Waals surface area contributed by atoms with Gasteiger partial charge in [0.25, 0.3) is 0 Å². The second-order valence-electron chi connectivity index (χ2n) is 5.95. The van der Waals surface area contributed by atoms with Gasteiger partial charge in [-0.15, -0.1) is 10.2 Å². The molecule has 1 aliphatic carbocycles. The van der Waals surface area contributed by atoms with Crippen LogP contribution >= 0.6 is 11.8 Å². The summed E-state index contributed by atoms with van der Waals surface area (Å²) in [5.74, 6) is 1.73. The lowest BCUT2D eigenvalue weighted by molar-refractivity contribution is 0.461. The molecule has 2 aromatic rings. The van der Waals surface area contributed by atoms with Crippen molar-refractivity contribution < 1.29 is 0 Å². The van der Waals surface area contributed by atoms with Crippen molar-refractivity contribution in [3.05, 3.63) is 29.7 Å². The molecule has 0 aliphatic heterocycles. The Bertz CT molecular complexity index is 714. The number of hydrogen-bond donors (Lipinski definition) is 1. The maximum absolute atomic E-state index is 9.09. The van der Waals surface area contributed by atoms with E-state index in [4.69, 9.17) is 5.26 Å². The molecule has 3 rings (SSSR count). The second kappa shape index (κ2) is 8.15. The Morgan fingerprint density at radius 1 is 1.38 bits per heavy atom. The van der Waals surface area contributed by atoms with Crippen LogP contribution in [0.4, 0.5) is 5.82 Å². The van der Waals surface area contributed by atoms with Crippen LogP contribution in [0.25, 0.3) is 0 Å². The highest BCUT2D eigenvalue weighted by atomic mass is 32.2. The van der Waals surface area contributed by atoms with Crippen LogP contribution in [-0.4, -0.2) is 32.5 Å². The Morgan fingerprint density at radius 3 is 2.96 bits per heavy atom. The van der Waals surface area contributed by atoms with Crippen molar-refractivity contribution in [1.29, 1.82) is 5.26 Å². The van der Waals surface area contributed by atoms with Crippen LogP contribution in [0.2, 0.25) is 0 Å². The zero-order valence-electron chi connectivity index (χ0n) is 13.9. The fraction of sp³-hybridized carbons (Fsp3) is 0.529. The minimum atomic E-state index is 0.561. The van der Waals surface area contributed by atoms with Crippen LogP contribution in [0.3, 0.4) is 0 Å². The normalized spacial score (nSPS) is 14.7. The average molecular weight is 342 g/mol. The van der Waals surface area contributed by atoms with Crippen molar-refractivity contribution in [2.45, 2.75) is 49.7 Å². The molecule has 24 heavy (non-hydrogen) atoms. The number of hydrogen-bond acceptors (Lipinski definition) is 6. The van der Waals surface area contributed by atoms with Crippen molar-refractivity contribution in [2.24, 2.45) is 0 Å². The number of nitriles is 1. The summed E-state index contributed by atoms with van der Waals surface area (Å²) in [6, 6.07) is 6.27. The third-order valence-electron chi connectivity index (χ3n) is 4.41. The molecule has 0 unspecified atom stereocenters. The fourth-order valence-electron chi connectivity index (χ4n) is 3.24. The van der Waals surface area contributed by atoms with E-state index >= 15 is 0 Å². The van der Waals surface area contributed by atoms with Gasteiger partial charge in [0.2, 0.25) is 0 Å². The maximum Gasteiger partial charge on any atom is 0.191 e. The first-order valence-corrected chi connectivity index (χ1v) is 9.62. The van der Waals surface area contributed by atoms with Gasteiger partial charge in [-0.3, -0.25) is 0 Å². The molecule has 1 aliphatic rings. The first-order chi connectivity index (χ1) is 11.8. The van der Waals surface area contributed by atoms with Gasteiger partial charge in [0.15, 0.2) is 5.16 Å². The minimum absolute atomic E-state index is 0.561. The molecule has 1 N–H and O–H groups in total. The molecule has 126 valence electrons. The second-order valence-corrected chi connectivity index (χ2v) is 6.73. The van der Waals surface area contributed by atoms with Gasteiger partial charge < -0.3 is 9.88 Å². The summed E-state index contributed by atoms with van der Waals surface area (Å²) in [6.45, 7) is 0.762. The van der Waals surface area contributed by atoms with E-state index < -0.39 is 0 Å². The zero-order chi connectivity index (χ0) is 16.8. The van der Waals surface area contributed by atoms with Crippen molar-refractivity contribution in [3.63, 3.8) is 0 Å². The van der Waals surface area contributed by atoms with E-state index in [2.05, 4.69) is 37.4 Å². The van der Waals surface area contributed by atoms with Gasteiger partial charge in [-0.25, -0.2) is 4.98 Å². The lowest BCUT2D eigenvalue weighted by atomic mass is 10.2. The SMILES string of the molecule is CSc1nnc(CCCNc2ncccc2C#N)n1C1CCCC1. The number of aromatic nitrogens is 4. The predicted octanol–water partition coefficient (Wildman–Crippen LogP) is 3.43. The molecule has 0 radical (unpaired) electrons. The molecule has 0 aromatic carbocycles. The molecule has 2 aromatic heterocycles. The van der Waals surface area contributed by atoms with Gasteiger partial charge in [-0.05, 0) is 37.7 Å². The van der Waals surface area contributed by atoms with Crippen molar-refractivity contribution >= 4 is 17.6 Å². The van der Waals surface area contributed by atoms with Crippen LogP contribution in [0.1, 0.15) is 49.5 Å². The number of nitrogens with one attached hydrogen (secondary N) is 1. The summed E-state index contributed by atoms with van der Waals surface area (Å²) in [7, 11) is 0. The molecule has 6 nitrogen and oxygen atoms in total. The number of aryl methyl sites for hydroxylation is 1. The third-order valence-corrected chi connectivity index (χ3v) is 5.05. The Hall–Kier alpha value is -2.07. The molecule has 7 heteroatoms. The van der Waals surface area contributed by atoms with E-state index in [1.165, 1.54) is 25.7 Å². The molecule has 1 fully saturated rings. The highest BCUT2D eigenvalue weighted by Crippen LogP contribution is 2.33. The van der Waals surface area contributed by atoms with Gasteiger partial charge >= 0.3 is 0 Å². The van der Waals surface area contributed by atoms with Crippen molar-refractivity contribution in [2.75, 3.05) is 18.1 Å². The Kier molecular flexibility index (Phi) is 5.70. The van der Waals surface area contributed by atoms with E-state index in [9.17, 15) is 0 Å². The number of anilines is 1. The van der Waals surface area contributed by atoms with Crippen LogP contribution < -0.4 is 5.32 Å². The van der Waals surface area contributed by atoms with Gasteiger partial charge in [0, 0.05) is 25.2 Å². The molecular formula is C17H22N6S. The molecular weight excluding hydrogens is 320 g/mol. The fourth-order valence-corrected chi connectivity index (χ4v) is 3.81. The predicted molar refractivity (Wildman–Crippen MR) is 95.1 cm³/mol. The summed E-state index contributed by atoms with van der Waals surface area (Å²) in [5, 5.41) is 22.1. The van der Waals surface area contributed by atoms with Gasteiger partial charge in [0.1, 0.15) is 17.7 Å². The van der Waals surface area contributed by atoms with E-state index in [0.29, 0.717) is 17.4 Å². The molecule has 0 spiro atoms. The highest BCUT2D eigenvalue weighted by molar-refractivity contribution is 7.98. The first-order valence-electron chi connectivity index (χ1n) is 8.40. The van der Waals surface area contributed by atoms with Crippen LogP contribution in [-0.2, 0) is 6.42 Å². The van der Waals surface area contributed by atoms with Gasteiger partial charge in [-0.1, -0.05) is 24.6 Å². The summed E-state index contributed by atoms with van der Waals surface area (Å²) >= 11 is 1.67. The summed E-state index contributed by atoms with van der Waals surface area (Å²) in [4.78, 5) is 4.22. The number of thioether (sulfide) groups is 1. The zero-order valence-corrected chi connectivity index (χ0v) is 14.7. The Balaban J connectivity index is 1.59. The van der Waals surface area contributed by atoms with Crippen LogP contribution in [0.15, 0.2) is 23.5 Å². The van der Waals surface area contributed by atoms with E-state index in [0.717, 1.165) is 30.4 Å². The molecule has 0 atom stereocenters. The molecule has 2 heterocycles. The quantitative estimate of drug-likeness (QED) is 0.613. The summed E-state index contributed by atoms with van der Waals surface area (Å²) in [5.41, 5.74) is 0.580. The summed E-state index contributed by atoms with van der Waals surface area (Å²) < 4.78 is 2.35. The van der Waals surface area contributed by atoms with Crippen molar-refractivity contribution in [3.8, 4) is 6.07 Å². The number of pyridine rings is 1. The summed E-state index contributed by atoms with van der Waals surface area (Å²) in [6.07, 6.45) is 10.6. The molecule has 1 saturated carbocycles. The van der Waals surface area contributed by atoms with E-state index in [1.54, 1.807) is 30.1 Å². The number of nitrogens with zero attached hydrogens (tertiary/aromatic N) is 5. The van der Waals surface area contributed by atoms with E-state index in [1.807, 2.05) is 0 Å². The molecule has 0 amide bonds. The smallest absolute Gasteiger partial charge is 0.191 e. The lowest BCUT2D eigenvalue weighted by Crippen LogP contribution is -2.12. The Labute approximate surface area is 146 Å².